The molecule has 1 amide bonds. The topological polar surface area (TPSA) is 50.8 Å². The molecule has 22 heavy (non-hydrogen) atoms. The van der Waals surface area contributed by atoms with Crippen molar-refractivity contribution in [1.29, 1.82) is 0 Å². The number of carbonyl (C=O) groups excluding carboxylic acids is 1. The van der Waals surface area contributed by atoms with Crippen LogP contribution in [0.4, 0.5) is 0 Å². The third-order valence-electron chi connectivity index (χ3n) is 3.80. The van der Waals surface area contributed by atoms with Gasteiger partial charge in [0.05, 0.1) is 14.2 Å². The number of ether oxygens (including phenoxy) is 2. The maximum absolute atomic E-state index is 12.8. The molecule has 0 spiro atoms. The summed E-state index contributed by atoms with van der Waals surface area (Å²) in [6, 6.07) is 5.60. The van der Waals surface area contributed by atoms with Crippen molar-refractivity contribution in [2.75, 3.05) is 33.9 Å². The van der Waals surface area contributed by atoms with Gasteiger partial charge in [-0.3, -0.25) is 4.79 Å². The number of amides is 1. The van der Waals surface area contributed by atoms with Crippen molar-refractivity contribution in [3.63, 3.8) is 0 Å². The normalized spacial score (nSPS) is 16.8. The summed E-state index contributed by atoms with van der Waals surface area (Å²) < 4.78 is 10.5. The van der Waals surface area contributed by atoms with Gasteiger partial charge < -0.3 is 19.7 Å². The second-order valence-corrected chi connectivity index (χ2v) is 5.25. The standard InChI is InChI=1S/C16H24N2O3.ClH/c1-4-7-18(13-5-6-17-11-13)16(19)12-8-14(20-2)10-15(9-12)21-3;/h8-10,13,17H,4-7,11H2,1-3H3;1H. The van der Waals surface area contributed by atoms with E-state index < -0.39 is 0 Å². The predicted octanol–water partition coefficient (Wildman–Crippen LogP) is 2.34. The molecule has 0 saturated carbocycles. The Hall–Kier alpha value is -1.46. The number of halogens is 1. The van der Waals surface area contributed by atoms with Gasteiger partial charge in [0.2, 0.25) is 0 Å². The van der Waals surface area contributed by atoms with Gasteiger partial charge in [0.15, 0.2) is 0 Å². The highest BCUT2D eigenvalue weighted by Gasteiger charge is 2.27. The molecule has 1 aromatic carbocycles. The molecule has 0 aromatic heterocycles. The highest BCUT2D eigenvalue weighted by atomic mass is 35.5. The Kier molecular flexibility index (Phi) is 7.48. The Bertz CT molecular complexity index is 468. The van der Waals surface area contributed by atoms with Gasteiger partial charge in [0.1, 0.15) is 11.5 Å². The van der Waals surface area contributed by atoms with Crippen molar-refractivity contribution >= 4 is 18.3 Å². The Morgan fingerprint density at radius 1 is 1.27 bits per heavy atom. The molecular weight excluding hydrogens is 304 g/mol. The lowest BCUT2D eigenvalue weighted by Gasteiger charge is -2.28. The van der Waals surface area contributed by atoms with Gasteiger partial charge in [-0.25, -0.2) is 0 Å². The minimum absolute atomic E-state index is 0. The van der Waals surface area contributed by atoms with Crippen LogP contribution in [0, 0.1) is 0 Å². The fourth-order valence-corrected chi connectivity index (χ4v) is 2.69. The molecule has 5 nitrogen and oxygen atoms in total. The van der Waals surface area contributed by atoms with E-state index in [2.05, 4.69) is 12.2 Å². The average Bonchev–Trinajstić information content (AvgIpc) is 3.05. The van der Waals surface area contributed by atoms with Crippen molar-refractivity contribution in [3.8, 4) is 11.5 Å². The van der Waals surface area contributed by atoms with E-state index in [0.717, 1.165) is 32.5 Å². The summed E-state index contributed by atoms with van der Waals surface area (Å²) in [7, 11) is 3.18. The van der Waals surface area contributed by atoms with Crippen LogP contribution in [0.1, 0.15) is 30.1 Å². The number of rotatable bonds is 6. The van der Waals surface area contributed by atoms with Crippen LogP contribution in [-0.4, -0.2) is 50.7 Å². The van der Waals surface area contributed by atoms with Crippen LogP contribution in [-0.2, 0) is 0 Å². The van der Waals surface area contributed by atoms with Gasteiger partial charge in [-0.05, 0) is 31.5 Å². The minimum Gasteiger partial charge on any atom is -0.497 e. The minimum atomic E-state index is 0. The predicted molar refractivity (Wildman–Crippen MR) is 89.4 cm³/mol. The second-order valence-electron chi connectivity index (χ2n) is 5.25. The van der Waals surface area contributed by atoms with E-state index in [4.69, 9.17) is 9.47 Å². The molecule has 1 aliphatic heterocycles. The van der Waals surface area contributed by atoms with E-state index in [-0.39, 0.29) is 24.4 Å². The molecule has 1 N–H and O–H groups in total. The van der Waals surface area contributed by atoms with Crippen LogP contribution >= 0.6 is 12.4 Å². The summed E-state index contributed by atoms with van der Waals surface area (Å²) >= 11 is 0. The third kappa shape index (κ3) is 4.27. The molecule has 124 valence electrons. The SMILES string of the molecule is CCCN(C(=O)c1cc(OC)cc(OC)c1)C1CCNC1.Cl. The fraction of sp³-hybridized carbons (Fsp3) is 0.562. The van der Waals surface area contributed by atoms with E-state index >= 15 is 0 Å². The molecular formula is C16H25ClN2O3. The molecule has 1 aromatic rings. The lowest BCUT2D eigenvalue weighted by Crippen LogP contribution is -2.42. The maximum atomic E-state index is 12.8. The van der Waals surface area contributed by atoms with Crippen molar-refractivity contribution in [2.45, 2.75) is 25.8 Å². The molecule has 1 fully saturated rings. The molecule has 1 saturated heterocycles. The van der Waals surface area contributed by atoms with Crippen LogP contribution < -0.4 is 14.8 Å². The maximum Gasteiger partial charge on any atom is 0.254 e. The zero-order chi connectivity index (χ0) is 15.2. The van der Waals surface area contributed by atoms with Crippen LogP contribution in [0.15, 0.2) is 18.2 Å². The molecule has 2 rings (SSSR count). The quantitative estimate of drug-likeness (QED) is 0.871. The molecule has 6 heteroatoms. The number of nitrogens with zero attached hydrogens (tertiary/aromatic N) is 1. The first-order chi connectivity index (χ1) is 10.2. The first kappa shape index (κ1) is 18.6. The lowest BCUT2D eigenvalue weighted by molar-refractivity contribution is 0.0691. The highest BCUT2D eigenvalue weighted by molar-refractivity contribution is 5.95. The van der Waals surface area contributed by atoms with Gasteiger partial charge in [0, 0.05) is 30.8 Å². The summed E-state index contributed by atoms with van der Waals surface area (Å²) in [4.78, 5) is 14.8. The van der Waals surface area contributed by atoms with Gasteiger partial charge in [-0.2, -0.15) is 0 Å². The Morgan fingerprint density at radius 3 is 2.36 bits per heavy atom. The van der Waals surface area contributed by atoms with Crippen LogP contribution in [0.5, 0.6) is 11.5 Å². The molecule has 1 aliphatic rings. The Morgan fingerprint density at radius 2 is 1.91 bits per heavy atom. The van der Waals surface area contributed by atoms with Gasteiger partial charge in [-0.15, -0.1) is 12.4 Å². The summed E-state index contributed by atoms with van der Waals surface area (Å²) in [5.41, 5.74) is 0.617. The van der Waals surface area contributed by atoms with Crippen molar-refractivity contribution < 1.29 is 14.3 Å². The smallest absolute Gasteiger partial charge is 0.254 e. The first-order valence-corrected chi connectivity index (χ1v) is 7.44. The molecule has 1 atom stereocenters. The number of hydrogen-bond donors (Lipinski definition) is 1. The van der Waals surface area contributed by atoms with E-state index in [9.17, 15) is 4.79 Å². The van der Waals surface area contributed by atoms with Gasteiger partial charge >= 0.3 is 0 Å². The number of benzene rings is 1. The van der Waals surface area contributed by atoms with Crippen LogP contribution in [0.25, 0.3) is 0 Å². The van der Waals surface area contributed by atoms with Crippen molar-refractivity contribution in [3.05, 3.63) is 23.8 Å². The number of hydrogen-bond acceptors (Lipinski definition) is 4. The van der Waals surface area contributed by atoms with E-state index in [1.165, 1.54) is 0 Å². The molecule has 0 bridgehead atoms. The van der Waals surface area contributed by atoms with Gasteiger partial charge in [0.25, 0.3) is 5.91 Å². The molecule has 0 radical (unpaired) electrons. The fourth-order valence-electron chi connectivity index (χ4n) is 2.69. The molecule has 1 unspecified atom stereocenters. The number of nitrogens with one attached hydrogen (secondary N) is 1. The summed E-state index contributed by atoms with van der Waals surface area (Å²) in [5.74, 6) is 1.32. The highest BCUT2D eigenvalue weighted by Crippen LogP contribution is 2.24. The second kappa shape index (κ2) is 8.86. The third-order valence-corrected chi connectivity index (χ3v) is 3.80. The van der Waals surface area contributed by atoms with Crippen LogP contribution in [0.3, 0.4) is 0 Å². The van der Waals surface area contributed by atoms with E-state index in [0.29, 0.717) is 17.1 Å². The molecule has 0 aliphatic carbocycles. The number of methoxy groups -OCH3 is 2. The molecule has 1 heterocycles. The first-order valence-electron chi connectivity index (χ1n) is 7.44. The monoisotopic (exact) mass is 328 g/mol. The number of carbonyl (C=O) groups is 1. The summed E-state index contributed by atoms with van der Waals surface area (Å²) in [6.07, 6.45) is 1.95. The van der Waals surface area contributed by atoms with Crippen molar-refractivity contribution in [1.82, 2.24) is 10.2 Å². The van der Waals surface area contributed by atoms with Crippen LogP contribution in [0.2, 0.25) is 0 Å². The summed E-state index contributed by atoms with van der Waals surface area (Å²) in [5, 5.41) is 3.32. The van der Waals surface area contributed by atoms with Crippen molar-refractivity contribution in [2.24, 2.45) is 0 Å². The lowest BCUT2D eigenvalue weighted by atomic mass is 10.1. The average molecular weight is 329 g/mol. The summed E-state index contributed by atoms with van der Waals surface area (Å²) in [6.45, 7) is 4.70. The largest absolute Gasteiger partial charge is 0.497 e. The zero-order valence-corrected chi connectivity index (χ0v) is 14.2. The Balaban J connectivity index is 0.00000242. The zero-order valence-electron chi connectivity index (χ0n) is 13.4. The van der Waals surface area contributed by atoms with E-state index in [1.54, 1.807) is 32.4 Å². The van der Waals surface area contributed by atoms with Gasteiger partial charge in [-0.1, -0.05) is 6.92 Å². The Labute approximate surface area is 138 Å². The van der Waals surface area contributed by atoms with E-state index in [1.807, 2.05) is 4.90 Å².